The van der Waals surface area contributed by atoms with Crippen LogP contribution in [0.15, 0.2) is 18.2 Å². The molecule has 3 nitrogen and oxygen atoms in total. The first-order valence-corrected chi connectivity index (χ1v) is 7.63. The topological polar surface area (TPSA) is 32.5 Å². The molecule has 1 aliphatic heterocycles. The van der Waals surface area contributed by atoms with Crippen molar-refractivity contribution in [1.29, 1.82) is 0 Å². The third-order valence-electron chi connectivity index (χ3n) is 4.13. The standard InChI is InChI=1S/C16H25N3S/c1-12-8-14(16(17)20)4-5-15(12)11-19(3)10-13-6-7-18(2)9-13/h4-5,8,13H,6-7,9-11H2,1-3H3,(H2,17,20). The minimum absolute atomic E-state index is 0.474. The van der Waals surface area contributed by atoms with Crippen LogP contribution in [0.3, 0.4) is 0 Å². The van der Waals surface area contributed by atoms with Gasteiger partial charge in [-0.25, -0.2) is 0 Å². The number of hydrogen-bond acceptors (Lipinski definition) is 3. The molecule has 2 N–H and O–H groups in total. The summed E-state index contributed by atoms with van der Waals surface area (Å²) in [4.78, 5) is 5.31. The van der Waals surface area contributed by atoms with Crippen molar-refractivity contribution in [2.24, 2.45) is 11.7 Å². The molecule has 110 valence electrons. The van der Waals surface area contributed by atoms with E-state index in [0.29, 0.717) is 4.99 Å². The van der Waals surface area contributed by atoms with E-state index < -0.39 is 0 Å². The fourth-order valence-electron chi connectivity index (χ4n) is 3.00. The van der Waals surface area contributed by atoms with Crippen molar-refractivity contribution in [3.05, 3.63) is 34.9 Å². The fourth-order valence-corrected chi connectivity index (χ4v) is 3.12. The maximum atomic E-state index is 5.67. The highest BCUT2D eigenvalue weighted by atomic mass is 32.1. The number of hydrogen-bond donors (Lipinski definition) is 1. The van der Waals surface area contributed by atoms with E-state index >= 15 is 0 Å². The lowest BCUT2D eigenvalue weighted by molar-refractivity contribution is 0.267. The first kappa shape index (κ1) is 15.4. The van der Waals surface area contributed by atoms with Crippen LogP contribution in [0.4, 0.5) is 0 Å². The van der Waals surface area contributed by atoms with E-state index in [9.17, 15) is 0 Å². The zero-order valence-corrected chi connectivity index (χ0v) is 13.5. The minimum atomic E-state index is 0.474. The lowest BCUT2D eigenvalue weighted by Gasteiger charge is -2.22. The zero-order valence-electron chi connectivity index (χ0n) is 12.7. The lowest BCUT2D eigenvalue weighted by Crippen LogP contribution is -2.27. The van der Waals surface area contributed by atoms with E-state index in [1.807, 2.05) is 6.07 Å². The van der Waals surface area contributed by atoms with Gasteiger partial charge in [0.15, 0.2) is 0 Å². The third kappa shape index (κ3) is 4.01. The van der Waals surface area contributed by atoms with E-state index in [4.69, 9.17) is 18.0 Å². The van der Waals surface area contributed by atoms with Gasteiger partial charge in [-0.05, 0) is 57.1 Å². The zero-order chi connectivity index (χ0) is 14.7. The lowest BCUT2D eigenvalue weighted by atomic mass is 10.0. The Morgan fingerprint density at radius 1 is 1.50 bits per heavy atom. The van der Waals surface area contributed by atoms with Gasteiger partial charge >= 0.3 is 0 Å². The van der Waals surface area contributed by atoms with Gasteiger partial charge in [0.05, 0.1) is 0 Å². The molecule has 0 aromatic heterocycles. The minimum Gasteiger partial charge on any atom is -0.389 e. The van der Waals surface area contributed by atoms with Crippen LogP contribution >= 0.6 is 12.2 Å². The summed E-state index contributed by atoms with van der Waals surface area (Å²) in [5.74, 6) is 0.807. The molecule has 1 aliphatic rings. The van der Waals surface area contributed by atoms with Gasteiger partial charge in [-0.1, -0.05) is 24.4 Å². The predicted molar refractivity (Wildman–Crippen MR) is 89.0 cm³/mol. The Hall–Kier alpha value is -0.970. The van der Waals surface area contributed by atoms with Gasteiger partial charge in [-0.15, -0.1) is 0 Å². The molecule has 2 rings (SSSR count). The summed E-state index contributed by atoms with van der Waals surface area (Å²) < 4.78 is 0. The molecule has 1 heterocycles. The summed E-state index contributed by atoms with van der Waals surface area (Å²) >= 11 is 5.02. The first-order valence-electron chi connectivity index (χ1n) is 7.22. The van der Waals surface area contributed by atoms with Crippen LogP contribution in [0.1, 0.15) is 23.1 Å². The van der Waals surface area contributed by atoms with E-state index in [1.54, 1.807) is 0 Å². The second kappa shape index (κ2) is 6.66. The van der Waals surface area contributed by atoms with Gasteiger partial charge in [-0.2, -0.15) is 0 Å². The van der Waals surface area contributed by atoms with Gasteiger partial charge in [-0.3, -0.25) is 0 Å². The smallest absolute Gasteiger partial charge is 0.103 e. The molecule has 0 bridgehead atoms. The van der Waals surface area contributed by atoms with Crippen molar-refractivity contribution < 1.29 is 0 Å². The Bertz CT molecular complexity index is 487. The van der Waals surface area contributed by atoms with E-state index in [-0.39, 0.29) is 0 Å². The van der Waals surface area contributed by atoms with Crippen molar-refractivity contribution in [2.75, 3.05) is 33.7 Å². The Morgan fingerprint density at radius 2 is 2.25 bits per heavy atom. The molecule has 1 unspecified atom stereocenters. The summed E-state index contributed by atoms with van der Waals surface area (Å²) in [7, 11) is 4.41. The normalized spacial score (nSPS) is 19.7. The molecular formula is C16H25N3S. The van der Waals surface area contributed by atoms with Crippen molar-refractivity contribution in [2.45, 2.75) is 19.9 Å². The van der Waals surface area contributed by atoms with Gasteiger partial charge in [0.25, 0.3) is 0 Å². The number of benzene rings is 1. The monoisotopic (exact) mass is 291 g/mol. The van der Waals surface area contributed by atoms with Crippen LogP contribution in [0, 0.1) is 12.8 Å². The van der Waals surface area contributed by atoms with Crippen LogP contribution in [0.25, 0.3) is 0 Å². The van der Waals surface area contributed by atoms with Gasteiger partial charge in [0.2, 0.25) is 0 Å². The quantitative estimate of drug-likeness (QED) is 0.841. The largest absolute Gasteiger partial charge is 0.389 e. The first-order chi connectivity index (χ1) is 9.45. The van der Waals surface area contributed by atoms with Gasteiger partial charge in [0, 0.05) is 25.2 Å². The number of thiocarbonyl (C=S) groups is 1. The molecule has 4 heteroatoms. The summed E-state index contributed by atoms with van der Waals surface area (Å²) in [6.45, 7) is 6.75. The molecule has 1 atom stereocenters. The predicted octanol–water partition coefficient (Wildman–Crippen LogP) is 2.01. The van der Waals surface area contributed by atoms with Crippen molar-refractivity contribution in [3.8, 4) is 0 Å². The van der Waals surface area contributed by atoms with Crippen molar-refractivity contribution >= 4 is 17.2 Å². The molecule has 0 amide bonds. The van der Waals surface area contributed by atoms with Crippen molar-refractivity contribution in [1.82, 2.24) is 9.80 Å². The van der Waals surface area contributed by atoms with E-state index in [1.165, 1.54) is 37.2 Å². The number of nitrogens with zero attached hydrogens (tertiary/aromatic N) is 2. The Kier molecular flexibility index (Phi) is 5.13. The molecule has 0 saturated carbocycles. The molecule has 1 aromatic rings. The molecule has 0 spiro atoms. The van der Waals surface area contributed by atoms with Crippen molar-refractivity contribution in [3.63, 3.8) is 0 Å². The van der Waals surface area contributed by atoms with Crippen LogP contribution in [-0.4, -0.2) is 48.5 Å². The molecule has 0 aliphatic carbocycles. The fraction of sp³-hybridized carbons (Fsp3) is 0.562. The van der Waals surface area contributed by atoms with Crippen LogP contribution in [-0.2, 0) is 6.54 Å². The average molecular weight is 291 g/mol. The third-order valence-corrected chi connectivity index (χ3v) is 4.36. The number of nitrogens with two attached hydrogens (primary N) is 1. The Labute approximate surface area is 127 Å². The van der Waals surface area contributed by atoms with Gasteiger partial charge in [0.1, 0.15) is 4.99 Å². The molecule has 0 radical (unpaired) electrons. The summed E-state index contributed by atoms with van der Waals surface area (Å²) in [5, 5.41) is 0. The average Bonchev–Trinajstić information content (AvgIpc) is 2.77. The Balaban J connectivity index is 1.94. The van der Waals surface area contributed by atoms with Gasteiger partial charge < -0.3 is 15.5 Å². The van der Waals surface area contributed by atoms with E-state index in [0.717, 1.165) is 18.0 Å². The molecular weight excluding hydrogens is 266 g/mol. The number of likely N-dealkylation sites (tertiary alicyclic amines) is 1. The van der Waals surface area contributed by atoms with E-state index in [2.05, 4.69) is 43.0 Å². The van der Waals surface area contributed by atoms with Crippen LogP contribution in [0.5, 0.6) is 0 Å². The molecule has 1 fully saturated rings. The van der Waals surface area contributed by atoms with Crippen LogP contribution in [0.2, 0.25) is 0 Å². The Morgan fingerprint density at radius 3 is 2.80 bits per heavy atom. The maximum absolute atomic E-state index is 5.67. The second-order valence-corrected chi connectivity index (χ2v) is 6.56. The SMILES string of the molecule is Cc1cc(C(N)=S)ccc1CN(C)CC1CCN(C)C1. The maximum Gasteiger partial charge on any atom is 0.103 e. The molecule has 20 heavy (non-hydrogen) atoms. The number of rotatable bonds is 5. The molecule has 1 saturated heterocycles. The molecule has 1 aromatic carbocycles. The number of aryl methyl sites for hydroxylation is 1. The van der Waals surface area contributed by atoms with Crippen LogP contribution < -0.4 is 5.73 Å². The highest BCUT2D eigenvalue weighted by molar-refractivity contribution is 7.80. The highest BCUT2D eigenvalue weighted by Gasteiger charge is 2.20. The highest BCUT2D eigenvalue weighted by Crippen LogP contribution is 2.18. The summed E-state index contributed by atoms with van der Waals surface area (Å²) in [6.07, 6.45) is 1.32. The second-order valence-electron chi connectivity index (χ2n) is 6.12. The summed E-state index contributed by atoms with van der Waals surface area (Å²) in [5.41, 5.74) is 9.26. The summed E-state index contributed by atoms with van der Waals surface area (Å²) in [6, 6.07) is 6.28.